The third kappa shape index (κ3) is 3.34. The summed E-state index contributed by atoms with van der Waals surface area (Å²) in [4.78, 5) is 27.7. The summed E-state index contributed by atoms with van der Waals surface area (Å²) in [7, 11) is 1.99. The summed E-state index contributed by atoms with van der Waals surface area (Å²) in [5, 5.41) is 0. The van der Waals surface area contributed by atoms with E-state index in [1.54, 1.807) is 18.5 Å². The molecule has 1 atom stereocenters. The lowest BCUT2D eigenvalue weighted by Gasteiger charge is -2.36. The Hall–Kier alpha value is -2.70. The third-order valence-electron chi connectivity index (χ3n) is 5.11. The zero-order valence-corrected chi connectivity index (χ0v) is 15.0. The van der Waals surface area contributed by atoms with Gasteiger partial charge in [0.25, 0.3) is 0 Å². The minimum absolute atomic E-state index is 0.0583. The number of fused-ring (bicyclic) bond motifs is 1. The molecule has 0 radical (unpaired) electrons. The van der Waals surface area contributed by atoms with Crippen LogP contribution in [-0.4, -0.2) is 43.0 Å². The van der Waals surface area contributed by atoms with Gasteiger partial charge in [-0.3, -0.25) is 4.79 Å². The molecular weight excluding hydrogens is 330 g/mol. The number of carbonyl (C=O) groups excluding carboxylic acids is 1. The number of hydrogen-bond donors (Lipinski definition) is 0. The van der Waals surface area contributed by atoms with Crippen molar-refractivity contribution in [1.82, 2.24) is 24.4 Å². The summed E-state index contributed by atoms with van der Waals surface area (Å²) in [6.07, 6.45) is 12.0. The van der Waals surface area contributed by atoms with Gasteiger partial charge < -0.3 is 14.2 Å². The maximum absolute atomic E-state index is 13.1. The first kappa shape index (κ1) is 16.8. The number of ether oxygens (including phenoxy) is 1. The highest BCUT2D eigenvalue weighted by Gasteiger charge is 2.34. The van der Waals surface area contributed by atoms with Crippen LogP contribution in [0.1, 0.15) is 37.1 Å². The van der Waals surface area contributed by atoms with E-state index in [0.717, 1.165) is 42.6 Å². The zero-order valence-electron chi connectivity index (χ0n) is 15.0. The van der Waals surface area contributed by atoms with Crippen molar-refractivity contribution in [3.8, 4) is 6.01 Å². The van der Waals surface area contributed by atoms with Crippen LogP contribution in [0.3, 0.4) is 0 Å². The standard InChI is InChI=1S/C19H23N5O2/c1-23-13-22-16-11-24(18(25)14-6-3-2-4-7-14)15(10-17(16)23)12-26-19-20-8-5-9-21-19/h5-6,8-9,13,15H,2-4,7,10-12H2,1H3. The van der Waals surface area contributed by atoms with E-state index >= 15 is 0 Å². The van der Waals surface area contributed by atoms with Crippen LogP contribution in [0.4, 0.5) is 0 Å². The highest BCUT2D eigenvalue weighted by molar-refractivity contribution is 5.93. The van der Waals surface area contributed by atoms with Crippen molar-refractivity contribution in [2.45, 2.75) is 44.7 Å². The van der Waals surface area contributed by atoms with Crippen LogP contribution in [0, 0.1) is 0 Å². The molecule has 0 fully saturated rings. The second kappa shape index (κ2) is 7.27. The molecule has 1 aliphatic heterocycles. The van der Waals surface area contributed by atoms with Crippen LogP contribution in [0.5, 0.6) is 6.01 Å². The molecule has 136 valence electrons. The maximum Gasteiger partial charge on any atom is 0.316 e. The van der Waals surface area contributed by atoms with Crippen LogP contribution >= 0.6 is 0 Å². The second-order valence-electron chi connectivity index (χ2n) is 6.86. The summed E-state index contributed by atoms with van der Waals surface area (Å²) in [6, 6.07) is 2.03. The minimum Gasteiger partial charge on any atom is -0.461 e. The average Bonchev–Trinajstić information content (AvgIpc) is 3.06. The number of allylic oxidation sites excluding steroid dienone is 1. The van der Waals surface area contributed by atoms with Gasteiger partial charge in [0.05, 0.1) is 24.6 Å². The van der Waals surface area contributed by atoms with Crippen molar-refractivity contribution >= 4 is 5.91 Å². The second-order valence-corrected chi connectivity index (χ2v) is 6.86. The van der Waals surface area contributed by atoms with Gasteiger partial charge in [-0.25, -0.2) is 15.0 Å². The molecule has 0 saturated carbocycles. The van der Waals surface area contributed by atoms with E-state index in [9.17, 15) is 4.79 Å². The molecule has 0 aromatic carbocycles. The smallest absolute Gasteiger partial charge is 0.316 e. The first-order valence-electron chi connectivity index (χ1n) is 9.11. The molecule has 2 aromatic heterocycles. The van der Waals surface area contributed by atoms with Crippen LogP contribution in [0.25, 0.3) is 0 Å². The number of amides is 1. The fourth-order valence-corrected chi connectivity index (χ4v) is 3.66. The molecule has 2 aromatic rings. The van der Waals surface area contributed by atoms with Crippen molar-refractivity contribution in [1.29, 1.82) is 0 Å². The molecule has 1 aliphatic carbocycles. The molecule has 0 saturated heterocycles. The Balaban J connectivity index is 1.56. The number of hydrogen-bond acceptors (Lipinski definition) is 5. The first-order valence-corrected chi connectivity index (χ1v) is 9.11. The summed E-state index contributed by atoms with van der Waals surface area (Å²) in [6.45, 7) is 0.893. The molecule has 4 rings (SSSR count). The Morgan fingerprint density at radius 3 is 2.88 bits per heavy atom. The van der Waals surface area contributed by atoms with Crippen molar-refractivity contribution in [2.24, 2.45) is 7.05 Å². The van der Waals surface area contributed by atoms with Crippen molar-refractivity contribution in [2.75, 3.05) is 6.61 Å². The molecule has 2 aliphatic rings. The molecule has 7 nitrogen and oxygen atoms in total. The zero-order chi connectivity index (χ0) is 17.9. The van der Waals surface area contributed by atoms with Gasteiger partial charge in [-0.2, -0.15) is 0 Å². The first-order chi connectivity index (χ1) is 12.7. The Bertz CT molecular complexity index is 815. The van der Waals surface area contributed by atoms with E-state index in [4.69, 9.17) is 4.74 Å². The number of carbonyl (C=O) groups is 1. The molecule has 7 heteroatoms. The number of nitrogens with zero attached hydrogens (tertiary/aromatic N) is 5. The highest BCUT2D eigenvalue weighted by Crippen LogP contribution is 2.27. The number of aromatic nitrogens is 4. The van der Waals surface area contributed by atoms with E-state index < -0.39 is 0 Å². The van der Waals surface area contributed by atoms with Crippen LogP contribution in [0.2, 0.25) is 0 Å². The van der Waals surface area contributed by atoms with E-state index in [0.29, 0.717) is 19.2 Å². The van der Waals surface area contributed by atoms with Crippen molar-refractivity contribution in [3.05, 3.63) is 47.8 Å². The third-order valence-corrected chi connectivity index (χ3v) is 5.11. The predicted molar refractivity (Wildman–Crippen MR) is 95.3 cm³/mol. The largest absolute Gasteiger partial charge is 0.461 e. The van der Waals surface area contributed by atoms with Gasteiger partial charge in [0.2, 0.25) is 5.91 Å². The summed E-state index contributed by atoms with van der Waals surface area (Å²) in [5.41, 5.74) is 3.07. The quantitative estimate of drug-likeness (QED) is 0.841. The van der Waals surface area contributed by atoms with Gasteiger partial charge in [-0.15, -0.1) is 0 Å². The van der Waals surface area contributed by atoms with Gasteiger partial charge in [-0.05, 0) is 31.7 Å². The topological polar surface area (TPSA) is 73.1 Å². The lowest BCUT2D eigenvalue weighted by Crippen LogP contribution is -2.48. The highest BCUT2D eigenvalue weighted by atomic mass is 16.5. The molecule has 1 unspecified atom stereocenters. The Kier molecular flexibility index (Phi) is 4.69. The fraction of sp³-hybridized carbons (Fsp3) is 0.474. The van der Waals surface area contributed by atoms with Gasteiger partial charge in [0, 0.05) is 37.1 Å². The molecule has 0 spiro atoms. The molecule has 0 bridgehead atoms. The van der Waals surface area contributed by atoms with Crippen molar-refractivity contribution in [3.63, 3.8) is 0 Å². The lowest BCUT2D eigenvalue weighted by atomic mass is 9.96. The van der Waals surface area contributed by atoms with E-state index in [1.165, 1.54) is 6.42 Å². The van der Waals surface area contributed by atoms with Gasteiger partial charge in [0.1, 0.15) is 6.61 Å². The fourth-order valence-electron chi connectivity index (χ4n) is 3.66. The molecule has 0 N–H and O–H groups in total. The number of rotatable bonds is 4. The van der Waals surface area contributed by atoms with Gasteiger partial charge in [0.15, 0.2) is 0 Å². The Labute approximate surface area is 152 Å². The van der Waals surface area contributed by atoms with Gasteiger partial charge >= 0.3 is 6.01 Å². The predicted octanol–water partition coefficient (Wildman–Crippen LogP) is 2.04. The summed E-state index contributed by atoms with van der Waals surface area (Å²) < 4.78 is 7.81. The normalized spacial score (nSPS) is 19.7. The van der Waals surface area contributed by atoms with Gasteiger partial charge in [-0.1, -0.05) is 6.08 Å². The summed E-state index contributed by atoms with van der Waals surface area (Å²) in [5.74, 6) is 0.114. The Morgan fingerprint density at radius 1 is 1.27 bits per heavy atom. The molecule has 3 heterocycles. The monoisotopic (exact) mass is 353 g/mol. The van der Waals surface area contributed by atoms with Crippen LogP contribution in [-0.2, 0) is 24.8 Å². The van der Waals surface area contributed by atoms with E-state index in [1.807, 2.05) is 22.8 Å². The molecular formula is C19H23N5O2. The number of aryl methyl sites for hydroxylation is 1. The van der Waals surface area contributed by atoms with E-state index in [2.05, 4.69) is 21.0 Å². The van der Waals surface area contributed by atoms with Crippen molar-refractivity contribution < 1.29 is 9.53 Å². The minimum atomic E-state index is -0.0583. The summed E-state index contributed by atoms with van der Waals surface area (Å²) >= 11 is 0. The Morgan fingerprint density at radius 2 is 2.12 bits per heavy atom. The molecule has 1 amide bonds. The van der Waals surface area contributed by atoms with Crippen LogP contribution in [0.15, 0.2) is 36.4 Å². The van der Waals surface area contributed by atoms with E-state index in [-0.39, 0.29) is 11.9 Å². The maximum atomic E-state index is 13.1. The molecule has 26 heavy (non-hydrogen) atoms. The van der Waals surface area contributed by atoms with Crippen LogP contribution < -0.4 is 4.74 Å². The SMILES string of the molecule is Cn1cnc2c1CC(COc1ncccn1)N(C(=O)C1=CCCCC1)C2. The average molecular weight is 353 g/mol. The lowest BCUT2D eigenvalue weighted by molar-refractivity contribution is -0.131. The number of imidazole rings is 1.